The summed E-state index contributed by atoms with van der Waals surface area (Å²) in [5, 5.41) is 7.71. The number of rotatable bonds is 2. The van der Waals surface area contributed by atoms with Gasteiger partial charge in [-0.2, -0.15) is 9.78 Å². The maximum atomic E-state index is 14.1. The van der Waals surface area contributed by atoms with E-state index in [0.717, 1.165) is 22.6 Å². The number of hydrogen-bond donors (Lipinski definition) is 1. The summed E-state index contributed by atoms with van der Waals surface area (Å²) in [7, 11) is 3.53. The number of anilines is 1. The highest BCUT2D eigenvalue weighted by Gasteiger charge is 2.77. The highest BCUT2D eigenvalue weighted by Crippen LogP contribution is 2.66. The molecule has 1 fully saturated rings. The minimum absolute atomic E-state index is 0.196. The summed E-state index contributed by atoms with van der Waals surface area (Å²) in [6, 6.07) is 15.3. The Morgan fingerprint density at radius 2 is 1.94 bits per heavy atom. The van der Waals surface area contributed by atoms with Gasteiger partial charge >= 0.3 is 0 Å². The largest absolute Gasteiger partial charge is 0.497 e. The summed E-state index contributed by atoms with van der Waals surface area (Å²) in [6.45, 7) is 0.525. The molecule has 1 N–H and O–H groups in total. The van der Waals surface area contributed by atoms with Crippen LogP contribution in [0.2, 0.25) is 0 Å². The first kappa shape index (κ1) is 18.6. The second kappa shape index (κ2) is 6.18. The molecule has 0 aliphatic carbocycles. The Morgan fingerprint density at radius 3 is 2.68 bits per heavy atom. The van der Waals surface area contributed by atoms with Gasteiger partial charge in [-0.15, -0.1) is 0 Å². The van der Waals surface area contributed by atoms with Gasteiger partial charge in [0.2, 0.25) is 0 Å². The quantitative estimate of drug-likeness (QED) is 0.664. The molecule has 0 unspecified atom stereocenters. The van der Waals surface area contributed by atoms with Crippen LogP contribution in [0.25, 0.3) is 0 Å². The van der Waals surface area contributed by atoms with Gasteiger partial charge in [0.05, 0.1) is 7.11 Å². The van der Waals surface area contributed by atoms with Crippen LogP contribution in [0, 0.1) is 0 Å². The van der Waals surface area contributed by atoms with E-state index in [9.17, 15) is 9.59 Å². The lowest BCUT2D eigenvalue weighted by molar-refractivity contribution is -0.126. The molecule has 3 aliphatic heterocycles. The van der Waals surface area contributed by atoms with Crippen molar-refractivity contribution in [2.24, 2.45) is 0 Å². The topological polar surface area (TPSA) is 89.3 Å². The second-order valence-electron chi connectivity index (χ2n) is 8.01. The number of fused-ring (bicyclic) bond motifs is 4. The van der Waals surface area contributed by atoms with Crippen LogP contribution in [0.4, 0.5) is 5.69 Å². The predicted molar refractivity (Wildman–Crippen MR) is 114 cm³/mol. The van der Waals surface area contributed by atoms with E-state index < -0.39 is 10.3 Å². The van der Waals surface area contributed by atoms with Gasteiger partial charge in [0.1, 0.15) is 16.8 Å². The number of thioether (sulfide) groups is 1. The third-order valence-electron chi connectivity index (χ3n) is 6.75. The molecular formula is C22H19N5O3S. The fourth-order valence-electron chi connectivity index (χ4n) is 5.48. The summed E-state index contributed by atoms with van der Waals surface area (Å²) >= 11 is 1.35. The van der Waals surface area contributed by atoms with Crippen LogP contribution >= 0.6 is 11.8 Å². The van der Waals surface area contributed by atoms with Gasteiger partial charge in [0.25, 0.3) is 11.8 Å². The molecule has 0 saturated carbocycles. The Kier molecular flexibility index (Phi) is 3.70. The van der Waals surface area contributed by atoms with Gasteiger partial charge < -0.3 is 10.1 Å². The van der Waals surface area contributed by atoms with Crippen LogP contribution in [-0.4, -0.2) is 56.9 Å². The fraction of sp³-hybridized carbons (Fsp3) is 0.273. The maximum absolute atomic E-state index is 14.1. The summed E-state index contributed by atoms with van der Waals surface area (Å²) < 4.78 is 5.51. The van der Waals surface area contributed by atoms with Gasteiger partial charge in [0.15, 0.2) is 10.7 Å². The van der Waals surface area contributed by atoms with Gasteiger partial charge in [-0.1, -0.05) is 42.1 Å². The number of nitrogens with zero attached hydrogens (tertiary/aromatic N) is 4. The number of hydrogen-bond acceptors (Lipinski definition) is 7. The Morgan fingerprint density at radius 1 is 1.16 bits per heavy atom. The van der Waals surface area contributed by atoms with Crippen molar-refractivity contribution in [2.75, 3.05) is 26.0 Å². The van der Waals surface area contributed by atoms with E-state index in [-0.39, 0.29) is 17.7 Å². The first-order valence-corrected chi connectivity index (χ1v) is 10.8. The van der Waals surface area contributed by atoms with E-state index >= 15 is 0 Å². The Balaban J connectivity index is 1.63. The van der Waals surface area contributed by atoms with Crippen molar-refractivity contribution in [1.29, 1.82) is 0 Å². The van der Waals surface area contributed by atoms with Crippen molar-refractivity contribution < 1.29 is 14.3 Å². The maximum Gasteiger partial charge on any atom is 0.269 e. The molecule has 31 heavy (non-hydrogen) atoms. The zero-order valence-corrected chi connectivity index (χ0v) is 17.7. The normalized spacial score (nSPS) is 28.9. The zero-order valence-electron chi connectivity index (χ0n) is 16.9. The first-order chi connectivity index (χ1) is 15.0. The Hall–Kier alpha value is -3.17. The van der Waals surface area contributed by atoms with E-state index in [4.69, 9.17) is 4.74 Å². The van der Waals surface area contributed by atoms with Crippen LogP contribution in [0.3, 0.4) is 0 Å². The molecule has 0 bridgehead atoms. The lowest BCUT2D eigenvalue weighted by Gasteiger charge is -2.41. The van der Waals surface area contributed by atoms with Crippen molar-refractivity contribution in [3.05, 3.63) is 66.0 Å². The fourth-order valence-corrected chi connectivity index (χ4v) is 7.11. The summed E-state index contributed by atoms with van der Waals surface area (Å²) in [5.74, 6) is 0.0602. The van der Waals surface area contributed by atoms with Crippen molar-refractivity contribution in [1.82, 2.24) is 19.7 Å². The number of likely N-dealkylation sites (tertiary alicyclic amines) is 1. The van der Waals surface area contributed by atoms with Crippen LogP contribution in [0.15, 0.2) is 60.0 Å². The van der Waals surface area contributed by atoms with E-state index in [1.807, 2.05) is 60.5 Å². The molecule has 3 aliphatic rings. The summed E-state index contributed by atoms with van der Waals surface area (Å²) in [5.41, 5.74) is 1.33. The van der Waals surface area contributed by atoms with Crippen LogP contribution in [0.5, 0.6) is 5.75 Å². The van der Waals surface area contributed by atoms with Crippen molar-refractivity contribution >= 4 is 29.3 Å². The summed E-state index contributed by atoms with van der Waals surface area (Å²) in [4.78, 5) is 34.1. The Labute approximate surface area is 182 Å². The number of carbonyl (C=O) groups is 2. The van der Waals surface area contributed by atoms with Gasteiger partial charge in [0, 0.05) is 23.7 Å². The molecule has 3 aromatic rings. The SMILES string of the molecule is COc1ccc([C@@H]2CN(C)[C@]3(C(=O)Nc4ccccc43)[C@]23Sc2ncnn2C3=O)cc1. The Bertz CT molecular complexity index is 1240. The third kappa shape index (κ3) is 2.05. The molecule has 1 saturated heterocycles. The van der Waals surface area contributed by atoms with E-state index in [2.05, 4.69) is 15.4 Å². The van der Waals surface area contributed by atoms with Crippen LogP contribution in [0.1, 0.15) is 21.8 Å². The van der Waals surface area contributed by atoms with E-state index in [1.54, 1.807) is 7.11 Å². The second-order valence-corrected chi connectivity index (χ2v) is 9.23. The molecule has 9 heteroatoms. The number of aromatic nitrogens is 3. The number of likely N-dealkylation sites (N-methyl/N-ethyl adjacent to an activating group) is 1. The minimum Gasteiger partial charge on any atom is -0.497 e. The minimum atomic E-state index is -1.18. The molecule has 1 amide bonds. The highest BCUT2D eigenvalue weighted by molar-refractivity contribution is 8.01. The first-order valence-electron chi connectivity index (χ1n) is 9.94. The molecule has 0 radical (unpaired) electrons. The number of benzene rings is 2. The molecule has 4 heterocycles. The molecule has 1 aromatic heterocycles. The third-order valence-corrected chi connectivity index (χ3v) is 8.29. The molecule has 3 atom stereocenters. The van der Waals surface area contributed by atoms with Gasteiger partial charge in [-0.25, -0.2) is 4.98 Å². The summed E-state index contributed by atoms with van der Waals surface area (Å²) in [6.07, 6.45) is 1.38. The van der Waals surface area contributed by atoms with E-state index in [0.29, 0.717) is 11.7 Å². The lowest BCUT2D eigenvalue weighted by atomic mass is 9.72. The molecule has 6 rings (SSSR count). The smallest absolute Gasteiger partial charge is 0.269 e. The number of ether oxygens (including phenoxy) is 1. The van der Waals surface area contributed by atoms with Crippen LogP contribution < -0.4 is 10.1 Å². The van der Waals surface area contributed by atoms with Crippen molar-refractivity contribution in [3.8, 4) is 5.75 Å². The highest BCUT2D eigenvalue weighted by atomic mass is 32.2. The van der Waals surface area contributed by atoms with E-state index in [1.165, 1.54) is 22.8 Å². The molecule has 2 aromatic carbocycles. The van der Waals surface area contributed by atoms with Crippen LogP contribution in [-0.2, 0) is 10.3 Å². The number of para-hydroxylation sites is 1. The van der Waals surface area contributed by atoms with Gasteiger partial charge in [-0.05, 0) is 30.8 Å². The zero-order chi connectivity index (χ0) is 21.4. The number of nitrogens with one attached hydrogen (secondary N) is 1. The standard InChI is InChI=1S/C22H19N5O3S/c1-26-11-16(13-7-9-14(30-2)10-8-13)22(19(29)27-20(31-22)23-12-24-27)21(26)15-5-3-4-6-17(15)25-18(21)28/h3-10,12,16H,11H2,1-2H3,(H,25,28)/t16-,21+,22-/m0/s1. The van der Waals surface area contributed by atoms with Crippen molar-refractivity contribution in [2.45, 2.75) is 21.4 Å². The molecule has 2 spiro atoms. The van der Waals surface area contributed by atoms with Gasteiger partial charge in [-0.3, -0.25) is 14.5 Å². The number of methoxy groups -OCH3 is 1. The monoisotopic (exact) mass is 433 g/mol. The number of amides is 1. The average molecular weight is 433 g/mol. The molecule has 8 nitrogen and oxygen atoms in total. The average Bonchev–Trinajstić information content (AvgIpc) is 3.49. The van der Waals surface area contributed by atoms with Crippen molar-refractivity contribution in [3.63, 3.8) is 0 Å². The predicted octanol–water partition coefficient (Wildman–Crippen LogP) is 2.35. The lowest BCUT2D eigenvalue weighted by Crippen LogP contribution is -2.61. The number of carbonyl (C=O) groups excluding carboxylic acids is 2. The molecule has 156 valence electrons. The molecular weight excluding hydrogens is 414 g/mol.